The summed E-state index contributed by atoms with van der Waals surface area (Å²) < 4.78 is 0. The lowest BCUT2D eigenvalue weighted by Gasteiger charge is -2.34. The van der Waals surface area contributed by atoms with Crippen molar-refractivity contribution < 1.29 is 14.7 Å². The fourth-order valence-electron chi connectivity index (χ4n) is 4.26. The van der Waals surface area contributed by atoms with Crippen molar-refractivity contribution in [1.29, 1.82) is 0 Å². The number of carbonyl (C=O) groups excluding carboxylic acids is 2. The molecule has 0 aromatic carbocycles. The second-order valence-corrected chi connectivity index (χ2v) is 6.93. The van der Waals surface area contributed by atoms with Crippen LogP contribution in [0.3, 0.4) is 0 Å². The monoisotopic (exact) mass is 248 g/mol. The normalized spacial score (nSPS) is 45.7. The van der Waals surface area contributed by atoms with Gasteiger partial charge in [-0.2, -0.15) is 0 Å². The van der Waals surface area contributed by atoms with Crippen LogP contribution in [0.4, 0.5) is 0 Å². The molecule has 18 heavy (non-hydrogen) atoms. The van der Waals surface area contributed by atoms with Crippen LogP contribution >= 0.6 is 0 Å². The van der Waals surface area contributed by atoms with Crippen molar-refractivity contribution >= 4 is 11.6 Å². The highest BCUT2D eigenvalue weighted by molar-refractivity contribution is 6.07. The molecule has 3 rings (SSSR count). The summed E-state index contributed by atoms with van der Waals surface area (Å²) in [6.07, 6.45) is 0.619. The third kappa shape index (κ3) is 1.05. The van der Waals surface area contributed by atoms with Crippen molar-refractivity contribution in [3.05, 3.63) is 11.1 Å². The smallest absolute Gasteiger partial charge is 0.168 e. The summed E-state index contributed by atoms with van der Waals surface area (Å²) in [6, 6.07) is 0. The molecule has 0 radical (unpaired) electrons. The van der Waals surface area contributed by atoms with Gasteiger partial charge in [0.1, 0.15) is 5.78 Å². The molecule has 3 heteroatoms. The van der Waals surface area contributed by atoms with Crippen molar-refractivity contribution in [1.82, 2.24) is 0 Å². The molecule has 3 aliphatic rings. The van der Waals surface area contributed by atoms with Crippen LogP contribution in [0.25, 0.3) is 0 Å². The van der Waals surface area contributed by atoms with E-state index in [0.29, 0.717) is 6.42 Å². The summed E-state index contributed by atoms with van der Waals surface area (Å²) in [7, 11) is 0. The SMILES string of the molecule is C[C@@H]1C(=O)CC2CC3=C(C(=O)C(C)(C)[C@H]3O)[C@@]21C. The second kappa shape index (κ2) is 3.13. The average molecular weight is 248 g/mol. The number of allylic oxidation sites excluding steroid dienone is 1. The Morgan fingerprint density at radius 2 is 1.78 bits per heavy atom. The molecule has 3 aliphatic carbocycles. The molecule has 1 fully saturated rings. The van der Waals surface area contributed by atoms with Gasteiger partial charge in [-0.3, -0.25) is 9.59 Å². The summed E-state index contributed by atoms with van der Waals surface area (Å²) in [6.45, 7) is 7.58. The van der Waals surface area contributed by atoms with Gasteiger partial charge in [0, 0.05) is 23.3 Å². The van der Waals surface area contributed by atoms with Gasteiger partial charge in [-0.05, 0) is 31.8 Å². The number of hydrogen-bond acceptors (Lipinski definition) is 3. The molecule has 0 bridgehead atoms. The zero-order valence-electron chi connectivity index (χ0n) is 11.4. The third-order valence-corrected chi connectivity index (χ3v) is 5.83. The summed E-state index contributed by atoms with van der Waals surface area (Å²) in [4.78, 5) is 24.5. The maximum atomic E-state index is 12.6. The minimum atomic E-state index is -0.718. The van der Waals surface area contributed by atoms with E-state index in [1.807, 2.05) is 13.8 Å². The number of Topliss-reactive ketones (excluding diaryl/α,β-unsaturated/α-hetero) is 2. The van der Waals surface area contributed by atoms with Crippen LogP contribution in [0.1, 0.15) is 40.5 Å². The van der Waals surface area contributed by atoms with Gasteiger partial charge in [0.25, 0.3) is 0 Å². The molecule has 0 spiro atoms. The molecule has 4 atom stereocenters. The van der Waals surface area contributed by atoms with E-state index >= 15 is 0 Å². The second-order valence-electron chi connectivity index (χ2n) is 6.93. The molecule has 0 aliphatic heterocycles. The first-order valence-electron chi connectivity index (χ1n) is 6.71. The van der Waals surface area contributed by atoms with Gasteiger partial charge in [0.15, 0.2) is 5.78 Å². The predicted octanol–water partition coefficient (Wildman–Crippen LogP) is 1.89. The molecule has 1 saturated carbocycles. The highest BCUT2D eigenvalue weighted by Crippen LogP contribution is 2.63. The number of aliphatic hydroxyl groups excluding tert-OH is 1. The Hall–Kier alpha value is -0.960. The fourth-order valence-corrected chi connectivity index (χ4v) is 4.26. The molecule has 0 aromatic heterocycles. The van der Waals surface area contributed by atoms with Gasteiger partial charge < -0.3 is 5.11 Å². The van der Waals surface area contributed by atoms with Crippen molar-refractivity contribution in [3.8, 4) is 0 Å². The number of fused-ring (bicyclic) bond motifs is 2. The summed E-state index contributed by atoms with van der Waals surface area (Å²) in [5.41, 5.74) is 0.641. The van der Waals surface area contributed by atoms with Gasteiger partial charge in [-0.15, -0.1) is 0 Å². The largest absolute Gasteiger partial charge is 0.388 e. The minimum Gasteiger partial charge on any atom is -0.388 e. The van der Waals surface area contributed by atoms with E-state index in [4.69, 9.17) is 0 Å². The Kier molecular flexibility index (Phi) is 2.10. The van der Waals surface area contributed by atoms with E-state index in [1.54, 1.807) is 13.8 Å². The molecular weight excluding hydrogens is 228 g/mol. The lowest BCUT2D eigenvalue weighted by molar-refractivity contribution is -0.127. The number of aliphatic hydroxyl groups is 1. The maximum Gasteiger partial charge on any atom is 0.168 e. The zero-order valence-corrected chi connectivity index (χ0v) is 11.4. The molecule has 0 heterocycles. The Bertz CT molecular complexity index is 500. The first kappa shape index (κ1) is 12.1. The molecule has 1 N–H and O–H groups in total. The van der Waals surface area contributed by atoms with Crippen molar-refractivity contribution in [2.75, 3.05) is 0 Å². The van der Waals surface area contributed by atoms with E-state index in [-0.39, 0.29) is 28.8 Å². The Balaban J connectivity index is 2.15. The number of carbonyl (C=O) groups is 2. The standard InChI is InChI=1S/C15H20O3/c1-7-10(16)6-8-5-9-11(15(7,8)4)13(18)14(2,3)12(9)17/h7-8,12,17H,5-6H2,1-4H3/t7-,8?,12+,15-/m1/s1. The zero-order chi connectivity index (χ0) is 13.5. The van der Waals surface area contributed by atoms with Crippen LogP contribution in [0, 0.1) is 22.7 Å². The minimum absolute atomic E-state index is 0.0524. The van der Waals surface area contributed by atoms with E-state index in [1.165, 1.54) is 0 Å². The fraction of sp³-hybridized carbons (Fsp3) is 0.733. The number of rotatable bonds is 0. The lowest BCUT2D eigenvalue weighted by Crippen LogP contribution is -2.38. The van der Waals surface area contributed by atoms with Crippen LogP contribution in [-0.2, 0) is 9.59 Å². The Morgan fingerprint density at radius 3 is 2.39 bits per heavy atom. The molecular formula is C15H20O3. The molecule has 0 aromatic rings. The van der Waals surface area contributed by atoms with Crippen LogP contribution < -0.4 is 0 Å². The summed E-state index contributed by atoms with van der Waals surface area (Å²) in [5.74, 6) is 0.442. The number of hydrogen-bond donors (Lipinski definition) is 1. The topological polar surface area (TPSA) is 54.4 Å². The molecule has 98 valence electrons. The van der Waals surface area contributed by atoms with Gasteiger partial charge in [-0.25, -0.2) is 0 Å². The van der Waals surface area contributed by atoms with Crippen LogP contribution in [0.5, 0.6) is 0 Å². The van der Waals surface area contributed by atoms with E-state index in [2.05, 4.69) is 0 Å². The Labute approximate surface area is 107 Å². The average Bonchev–Trinajstić information content (AvgIpc) is 2.76. The van der Waals surface area contributed by atoms with Crippen molar-refractivity contribution in [3.63, 3.8) is 0 Å². The maximum absolute atomic E-state index is 12.6. The van der Waals surface area contributed by atoms with Crippen LogP contribution in [-0.4, -0.2) is 22.8 Å². The summed E-state index contributed by atoms with van der Waals surface area (Å²) >= 11 is 0. The van der Waals surface area contributed by atoms with Gasteiger partial charge >= 0.3 is 0 Å². The molecule has 0 saturated heterocycles. The quantitative estimate of drug-likeness (QED) is 0.712. The third-order valence-electron chi connectivity index (χ3n) is 5.83. The summed E-state index contributed by atoms with van der Waals surface area (Å²) in [5, 5.41) is 10.4. The van der Waals surface area contributed by atoms with E-state index in [9.17, 15) is 14.7 Å². The molecule has 0 amide bonds. The van der Waals surface area contributed by atoms with Crippen molar-refractivity contribution in [2.24, 2.45) is 22.7 Å². The van der Waals surface area contributed by atoms with Crippen LogP contribution in [0.2, 0.25) is 0 Å². The van der Waals surface area contributed by atoms with Gasteiger partial charge in [-0.1, -0.05) is 13.8 Å². The van der Waals surface area contributed by atoms with Crippen molar-refractivity contribution in [2.45, 2.75) is 46.6 Å². The van der Waals surface area contributed by atoms with E-state index < -0.39 is 11.5 Å². The first-order chi connectivity index (χ1) is 8.22. The molecule has 1 unspecified atom stereocenters. The van der Waals surface area contributed by atoms with E-state index in [0.717, 1.165) is 17.6 Å². The highest BCUT2D eigenvalue weighted by atomic mass is 16.3. The van der Waals surface area contributed by atoms with Crippen LogP contribution in [0.15, 0.2) is 11.1 Å². The highest BCUT2D eigenvalue weighted by Gasteiger charge is 2.63. The number of ketones is 2. The first-order valence-corrected chi connectivity index (χ1v) is 6.71. The lowest BCUT2D eigenvalue weighted by atomic mass is 9.68. The van der Waals surface area contributed by atoms with Gasteiger partial charge in [0.2, 0.25) is 0 Å². The Morgan fingerprint density at radius 1 is 1.17 bits per heavy atom. The van der Waals surface area contributed by atoms with Gasteiger partial charge in [0.05, 0.1) is 11.5 Å². The molecule has 3 nitrogen and oxygen atoms in total. The predicted molar refractivity (Wildman–Crippen MR) is 66.8 cm³/mol.